The standard InChI is InChI=1S/C33H6F12N12O3/c34-10-1-16-22(19(4-10)58-31(37,38)39)52-25(49-16)13(7-46)28-55-29(14(8-47)26-50-17-2-11(35)5-20(23(17)53-26)59-32(40,41)42)57-30(56-28)15(9-48)27-51-18-3-12(36)6-21(24(18)54-27)60-33(43,44)45/h1-6H. The summed E-state index contributed by atoms with van der Waals surface area (Å²) in [4.78, 5) is 34.8. The summed E-state index contributed by atoms with van der Waals surface area (Å²) in [5.41, 5.74) is -2.72. The van der Waals surface area contributed by atoms with Gasteiger partial charge < -0.3 is 14.2 Å². The highest BCUT2D eigenvalue weighted by molar-refractivity contribution is 5.82. The van der Waals surface area contributed by atoms with Crippen LogP contribution >= 0.6 is 0 Å². The molecular formula is C33H6F12N12O3. The lowest BCUT2D eigenvalue weighted by Gasteiger charge is -2.08. The second kappa shape index (κ2) is 14.3. The zero-order chi connectivity index (χ0) is 43.5. The van der Waals surface area contributed by atoms with Gasteiger partial charge in [-0.15, -0.1) is 39.5 Å². The summed E-state index contributed by atoms with van der Waals surface area (Å²) in [5.74, 6) is -12.8. The van der Waals surface area contributed by atoms with Crippen molar-refractivity contribution >= 4 is 16.7 Å². The van der Waals surface area contributed by atoms with Gasteiger partial charge in [0, 0.05) is 36.4 Å². The van der Waals surface area contributed by atoms with Crippen LogP contribution < -0.4 is 46.4 Å². The number of ether oxygens (including phenoxy) is 3. The molecule has 4 heterocycles. The second-order valence-corrected chi connectivity index (χ2v) is 11.4. The first-order chi connectivity index (χ1) is 28.1. The van der Waals surface area contributed by atoms with E-state index in [0.29, 0.717) is 36.4 Å². The van der Waals surface area contributed by atoms with Crippen LogP contribution in [0.4, 0.5) is 52.7 Å². The van der Waals surface area contributed by atoms with Gasteiger partial charge in [-0.1, -0.05) is 0 Å². The van der Waals surface area contributed by atoms with Crippen molar-refractivity contribution in [1.82, 2.24) is 15.0 Å². The van der Waals surface area contributed by atoms with E-state index in [9.17, 15) is 68.5 Å². The minimum absolute atomic E-state index is 0.295. The SMILES string of the molecule is N#CC(=C1N=c2cc(F)cc(OC(F)(F)F)c2=N1)c1nc(C(C#N)=C2N=c3cc(F)cc(OC(F)(F)F)c3=N2)nc(C(C#N)=C2N=c3cc(F)cc(OC(F)(F)F)c3=N2)n1. The maximum atomic E-state index is 14.3. The van der Waals surface area contributed by atoms with Crippen molar-refractivity contribution in [2.75, 3.05) is 0 Å². The Kier molecular flexibility index (Phi) is 9.50. The number of halogens is 12. The van der Waals surface area contributed by atoms with Crippen molar-refractivity contribution < 1.29 is 66.9 Å². The van der Waals surface area contributed by atoms with E-state index < -0.39 is 138 Å². The third kappa shape index (κ3) is 8.10. The van der Waals surface area contributed by atoms with E-state index >= 15 is 0 Å². The molecule has 0 amide bonds. The molecule has 0 saturated heterocycles. The molecule has 60 heavy (non-hydrogen) atoms. The number of alkyl halides is 9. The molecule has 4 aromatic rings. The number of nitrogens with zero attached hydrogens (tertiary/aromatic N) is 12. The van der Waals surface area contributed by atoms with Gasteiger partial charge in [0.15, 0.2) is 52.2 Å². The van der Waals surface area contributed by atoms with Crippen LogP contribution in [0.2, 0.25) is 0 Å². The lowest BCUT2D eigenvalue weighted by molar-refractivity contribution is -0.276. The molecule has 0 atom stereocenters. The van der Waals surface area contributed by atoms with Gasteiger partial charge >= 0.3 is 19.1 Å². The van der Waals surface area contributed by atoms with Crippen molar-refractivity contribution in [2.24, 2.45) is 30.0 Å². The van der Waals surface area contributed by atoms with E-state index in [0.717, 1.165) is 0 Å². The molecule has 0 radical (unpaired) electrons. The monoisotopic (exact) mass is 846 g/mol. The highest BCUT2D eigenvalue weighted by Gasteiger charge is 2.35. The molecule has 0 saturated carbocycles. The summed E-state index contributed by atoms with van der Waals surface area (Å²) in [7, 11) is 0. The van der Waals surface area contributed by atoms with Crippen LogP contribution in [0.5, 0.6) is 17.2 Å². The fourth-order valence-electron chi connectivity index (χ4n) is 5.26. The van der Waals surface area contributed by atoms with Crippen molar-refractivity contribution in [3.05, 3.63) is 121 Å². The average Bonchev–Trinajstić information content (AvgIpc) is 3.85. The largest absolute Gasteiger partial charge is 0.573 e. The predicted octanol–water partition coefficient (Wildman–Crippen LogP) is 3.42. The van der Waals surface area contributed by atoms with Gasteiger partial charge in [-0.25, -0.2) is 58.1 Å². The van der Waals surface area contributed by atoms with Crippen molar-refractivity contribution in [1.29, 1.82) is 15.8 Å². The third-order valence-electron chi connectivity index (χ3n) is 7.38. The number of fused-ring (bicyclic) bond motifs is 3. The first-order valence-electron chi connectivity index (χ1n) is 15.4. The zero-order valence-corrected chi connectivity index (χ0v) is 28.1. The molecule has 0 N–H and O–H groups in total. The van der Waals surface area contributed by atoms with E-state index in [1.807, 2.05) is 0 Å². The summed E-state index contributed by atoms with van der Waals surface area (Å²) in [5, 5.41) is 26.6. The molecule has 7 rings (SSSR count). The number of nitriles is 3. The smallest absolute Gasteiger partial charge is 0.403 e. The first kappa shape index (κ1) is 39.9. The van der Waals surface area contributed by atoms with Gasteiger partial charge in [0.1, 0.15) is 68.5 Å². The number of benzene rings is 3. The number of hydrogen-bond donors (Lipinski definition) is 0. The van der Waals surface area contributed by atoms with E-state index in [4.69, 9.17) is 0 Å². The van der Waals surface area contributed by atoms with Crippen LogP contribution in [0.25, 0.3) is 16.7 Å². The van der Waals surface area contributed by atoms with Crippen molar-refractivity contribution in [3.63, 3.8) is 0 Å². The van der Waals surface area contributed by atoms with Gasteiger partial charge in [0.05, 0.1) is 16.1 Å². The summed E-state index contributed by atoms with van der Waals surface area (Å²) in [6, 6.07) is 7.33. The molecule has 0 fully saturated rings. The Morgan fingerprint density at radius 3 is 0.883 bits per heavy atom. The Morgan fingerprint density at radius 1 is 0.417 bits per heavy atom. The Labute approximate surface area is 319 Å². The Balaban J connectivity index is 1.50. The lowest BCUT2D eigenvalue weighted by atomic mass is 10.2. The van der Waals surface area contributed by atoms with Gasteiger partial charge in [-0.3, -0.25) is 0 Å². The van der Waals surface area contributed by atoms with Crippen LogP contribution in [0.15, 0.2) is 83.8 Å². The van der Waals surface area contributed by atoms with Gasteiger partial charge in [-0.2, -0.15) is 15.8 Å². The minimum atomic E-state index is -5.37. The second-order valence-electron chi connectivity index (χ2n) is 11.4. The molecule has 0 spiro atoms. The maximum absolute atomic E-state index is 14.3. The quantitative estimate of drug-likeness (QED) is 0.205. The number of aromatic nitrogens is 3. The van der Waals surface area contributed by atoms with Crippen molar-refractivity contribution in [3.8, 4) is 35.5 Å². The van der Waals surface area contributed by atoms with E-state index in [-0.39, 0.29) is 0 Å². The highest BCUT2D eigenvalue weighted by atomic mass is 19.4. The minimum Gasteiger partial charge on any atom is -0.403 e. The van der Waals surface area contributed by atoms with Crippen LogP contribution in [-0.2, 0) is 0 Å². The number of allylic oxidation sites excluding steroid dienone is 3. The van der Waals surface area contributed by atoms with Gasteiger partial charge in [-0.05, 0) is 0 Å². The maximum Gasteiger partial charge on any atom is 0.573 e. The molecule has 15 nitrogen and oxygen atoms in total. The fourth-order valence-corrected chi connectivity index (χ4v) is 5.26. The number of hydrogen-bond acceptors (Lipinski definition) is 15. The van der Waals surface area contributed by atoms with Crippen LogP contribution in [-0.4, -0.2) is 34.0 Å². The van der Waals surface area contributed by atoms with E-state index in [1.165, 1.54) is 0 Å². The lowest BCUT2D eigenvalue weighted by Crippen LogP contribution is -2.29. The molecule has 3 aliphatic heterocycles. The highest BCUT2D eigenvalue weighted by Crippen LogP contribution is 2.29. The van der Waals surface area contributed by atoms with Crippen LogP contribution in [0, 0.1) is 51.4 Å². The predicted molar refractivity (Wildman–Crippen MR) is 164 cm³/mol. The van der Waals surface area contributed by atoms with Crippen LogP contribution in [0.3, 0.4) is 0 Å². The Bertz CT molecular complexity index is 2880. The summed E-state index contributed by atoms with van der Waals surface area (Å²) in [6.45, 7) is 0. The molecule has 27 heteroatoms. The first-order valence-corrected chi connectivity index (χ1v) is 15.4. The van der Waals surface area contributed by atoms with E-state index in [1.54, 1.807) is 18.2 Å². The molecular weight excluding hydrogens is 840 g/mol. The molecule has 0 unspecified atom stereocenters. The zero-order valence-electron chi connectivity index (χ0n) is 28.1. The van der Waals surface area contributed by atoms with E-state index in [2.05, 4.69) is 59.1 Å². The normalized spacial score (nSPS) is 13.7. The summed E-state index contributed by atoms with van der Waals surface area (Å²) < 4.78 is 173. The molecule has 3 aromatic carbocycles. The fraction of sp³-hybridized carbons (Fsp3) is 0.0909. The Hall–Kier alpha value is -8.28. The molecule has 300 valence electrons. The molecule has 0 bridgehead atoms. The van der Waals surface area contributed by atoms with Gasteiger partial charge in [0.25, 0.3) is 0 Å². The third-order valence-corrected chi connectivity index (χ3v) is 7.38. The molecule has 3 aliphatic rings. The molecule has 0 aliphatic carbocycles. The topological polar surface area (TPSA) is 212 Å². The Morgan fingerprint density at radius 2 is 0.667 bits per heavy atom. The van der Waals surface area contributed by atoms with Crippen LogP contribution in [0.1, 0.15) is 17.5 Å². The average molecular weight is 846 g/mol. The summed E-state index contributed by atoms with van der Waals surface area (Å²) >= 11 is 0. The molecule has 1 aromatic heterocycles. The number of rotatable bonds is 6. The van der Waals surface area contributed by atoms with Crippen molar-refractivity contribution in [2.45, 2.75) is 19.1 Å². The van der Waals surface area contributed by atoms with Gasteiger partial charge in [0.2, 0.25) is 0 Å². The summed E-state index contributed by atoms with van der Waals surface area (Å²) in [6.07, 6.45) is -16.1.